The van der Waals surface area contributed by atoms with E-state index >= 15 is 0 Å². The molecule has 0 unspecified atom stereocenters. The molecular weight excluding hydrogens is 312 g/mol. The molecule has 3 rings (SSSR count). The lowest BCUT2D eigenvalue weighted by Crippen LogP contribution is -2.28. The van der Waals surface area contributed by atoms with Crippen molar-refractivity contribution < 1.29 is 9.53 Å². The highest BCUT2D eigenvalue weighted by Crippen LogP contribution is 2.24. The van der Waals surface area contributed by atoms with Gasteiger partial charge in [0, 0.05) is 17.6 Å². The van der Waals surface area contributed by atoms with E-state index in [0.29, 0.717) is 12.3 Å². The summed E-state index contributed by atoms with van der Waals surface area (Å²) in [7, 11) is 0. The number of likely N-dealkylation sites (N-methyl/N-ethyl adjacent to an activating group) is 1. The minimum Gasteiger partial charge on any atom is -0.460 e. The van der Waals surface area contributed by atoms with Crippen LogP contribution in [0.25, 0.3) is 16.6 Å². The van der Waals surface area contributed by atoms with Crippen molar-refractivity contribution in [1.29, 1.82) is 0 Å². The van der Waals surface area contributed by atoms with Crippen LogP contribution in [-0.4, -0.2) is 41.7 Å². The highest BCUT2D eigenvalue weighted by atomic mass is 16.5. The van der Waals surface area contributed by atoms with E-state index in [1.165, 1.54) is 0 Å². The first kappa shape index (κ1) is 17.2. The zero-order valence-corrected chi connectivity index (χ0v) is 14.8. The van der Waals surface area contributed by atoms with Gasteiger partial charge in [-0.2, -0.15) is 0 Å². The Balaban J connectivity index is 1.89. The third-order valence-corrected chi connectivity index (χ3v) is 4.47. The molecule has 4 heteroatoms. The fraction of sp³-hybridized carbons (Fsp3) is 0.286. The molecule has 0 aliphatic rings. The second kappa shape index (κ2) is 7.99. The molecule has 0 N–H and O–H groups in total. The van der Waals surface area contributed by atoms with Crippen LogP contribution in [0.3, 0.4) is 0 Å². The van der Waals surface area contributed by atoms with Crippen LogP contribution < -0.4 is 0 Å². The van der Waals surface area contributed by atoms with E-state index in [1.807, 2.05) is 65.2 Å². The van der Waals surface area contributed by atoms with E-state index in [4.69, 9.17) is 4.74 Å². The second-order valence-electron chi connectivity index (χ2n) is 5.92. The number of para-hydroxylation sites is 2. The number of ether oxygens (including phenoxy) is 1. The SMILES string of the molecule is CCN(CC)CCOC(=O)c1cc2ccccc2n1-c1ccccc1. The number of aromatic nitrogens is 1. The molecule has 0 spiro atoms. The van der Waals surface area contributed by atoms with Gasteiger partial charge in [0.25, 0.3) is 0 Å². The molecule has 0 amide bonds. The van der Waals surface area contributed by atoms with Crippen LogP contribution in [0.2, 0.25) is 0 Å². The molecule has 0 atom stereocenters. The van der Waals surface area contributed by atoms with Crippen molar-refractivity contribution >= 4 is 16.9 Å². The van der Waals surface area contributed by atoms with Gasteiger partial charge < -0.3 is 14.2 Å². The maximum atomic E-state index is 12.7. The van der Waals surface area contributed by atoms with E-state index in [1.54, 1.807) is 0 Å². The van der Waals surface area contributed by atoms with Crippen molar-refractivity contribution in [3.05, 3.63) is 66.4 Å². The van der Waals surface area contributed by atoms with Gasteiger partial charge in [0.15, 0.2) is 0 Å². The zero-order valence-electron chi connectivity index (χ0n) is 14.8. The van der Waals surface area contributed by atoms with Crippen LogP contribution in [0.5, 0.6) is 0 Å². The number of nitrogens with zero attached hydrogens (tertiary/aromatic N) is 2. The molecule has 4 nitrogen and oxygen atoms in total. The topological polar surface area (TPSA) is 34.5 Å². The number of hydrogen-bond donors (Lipinski definition) is 0. The summed E-state index contributed by atoms with van der Waals surface area (Å²) >= 11 is 0. The number of carbonyl (C=O) groups is 1. The predicted molar refractivity (Wildman–Crippen MR) is 101 cm³/mol. The van der Waals surface area contributed by atoms with Crippen molar-refractivity contribution in [3.63, 3.8) is 0 Å². The lowest BCUT2D eigenvalue weighted by atomic mass is 10.2. The van der Waals surface area contributed by atoms with Crippen LogP contribution in [0.4, 0.5) is 0 Å². The van der Waals surface area contributed by atoms with E-state index in [2.05, 4.69) is 18.7 Å². The highest BCUT2D eigenvalue weighted by molar-refractivity contribution is 5.97. The van der Waals surface area contributed by atoms with Crippen molar-refractivity contribution in [2.75, 3.05) is 26.2 Å². The number of esters is 1. The number of rotatable bonds is 7. The largest absolute Gasteiger partial charge is 0.460 e. The van der Waals surface area contributed by atoms with Gasteiger partial charge in [-0.1, -0.05) is 50.2 Å². The lowest BCUT2D eigenvalue weighted by Gasteiger charge is -2.17. The van der Waals surface area contributed by atoms with Crippen molar-refractivity contribution in [3.8, 4) is 5.69 Å². The first-order valence-electron chi connectivity index (χ1n) is 8.80. The van der Waals surface area contributed by atoms with Gasteiger partial charge in [-0.25, -0.2) is 4.79 Å². The summed E-state index contributed by atoms with van der Waals surface area (Å²) in [5, 5.41) is 1.03. The molecule has 25 heavy (non-hydrogen) atoms. The van der Waals surface area contributed by atoms with Gasteiger partial charge in [0.2, 0.25) is 0 Å². The Hall–Kier alpha value is -2.59. The van der Waals surface area contributed by atoms with Gasteiger partial charge in [0.1, 0.15) is 12.3 Å². The predicted octanol–water partition coefficient (Wildman–Crippen LogP) is 4.13. The summed E-state index contributed by atoms with van der Waals surface area (Å²) in [4.78, 5) is 14.9. The standard InChI is InChI=1S/C21H24N2O2/c1-3-22(4-2)14-15-25-21(24)20-16-17-10-8-9-13-19(17)23(20)18-11-6-5-7-12-18/h5-13,16H,3-4,14-15H2,1-2H3. The van der Waals surface area contributed by atoms with Gasteiger partial charge in [-0.05, 0) is 37.4 Å². The minimum atomic E-state index is -0.285. The third-order valence-electron chi connectivity index (χ3n) is 4.47. The summed E-state index contributed by atoms with van der Waals surface area (Å²) in [6, 6.07) is 19.8. The summed E-state index contributed by atoms with van der Waals surface area (Å²) in [5.74, 6) is -0.285. The number of fused-ring (bicyclic) bond motifs is 1. The molecule has 3 aromatic rings. The molecule has 0 saturated heterocycles. The quantitative estimate of drug-likeness (QED) is 0.609. The Bertz CT molecular complexity index is 835. The van der Waals surface area contributed by atoms with Crippen LogP contribution in [-0.2, 0) is 4.74 Å². The van der Waals surface area contributed by atoms with Gasteiger partial charge >= 0.3 is 5.97 Å². The fourth-order valence-electron chi connectivity index (χ4n) is 3.04. The van der Waals surface area contributed by atoms with E-state index < -0.39 is 0 Å². The summed E-state index contributed by atoms with van der Waals surface area (Å²) < 4.78 is 7.52. The molecule has 0 saturated carbocycles. The van der Waals surface area contributed by atoms with Crippen LogP contribution >= 0.6 is 0 Å². The molecule has 0 radical (unpaired) electrons. The van der Waals surface area contributed by atoms with Crippen molar-refractivity contribution in [2.24, 2.45) is 0 Å². The molecule has 1 aromatic heterocycles. The van der Waals surface area contributed by atoms with Crippen molar-refractivity contribution in [1.82, 2.24) is 9.47 Å². The first-order valence-corrected chi connectivity index (χ1v) is 8.80. The summed E-state index contributed by atoms with van der Waals surface area (Å²) in [6.07, 6.45) is 0. The number of benzene rings is 2. The van der Waals surface area contributed by atoms with Gasteiger partial charge in [-0.15, -0.1) is 0 Å². The lowest BCUT2D eigenvalue weighted by molar-refractivity contribution is 0.0457. The average Bonchev–Trinajstić information content (AvgIpc) is 3.05. The Kier molecular flexibility index (Phi) is 5.51. The Labute approximate surface area is 148 Å². The average molecular weight is 336 g/mol. The number of hydrogen-bond acceptors (Lipinski definition) is 3. The van der Waals surface area contributed by atoms with E-state index in [0.717, 1.165) is 36.2 Å². The molecule has 0 bridgehead atoms. The molecule has 2 aromatic carbocycles. The summed E-state index contributed by atoms with van der Waals surface area (Å²) in [5.41, 5.74) is 2.52. The maximum absolute atomic E-state index is 12.7. The van der Waals surface area contributed by atoms with E-state index in [9.17, 15) is 4.79 Å². The maximum Gasteiger partial charge on any atom is 0.355 e. The normalized spacial score (nSPS) is 11.2. The fourth-order valence-corrected chi connectivity index (χ4v) is 3.04. The highest BCUT2D eigenvalue weighted by Gasteiger charge is 2.18. The monoisotopic (exact) mass is 336 g/mol. The van der Waals surface area contributed by atoms with Crippen molar-refractivity contribution in [2.45, 2.75) is 13.8 Å². The van der Waals surface area contributed by atoms with Crippen LogP contribution in [0, 0.1) is 0 Å². The minimum absolute atomic E-state index is 0.285. The first-order chi connectivity index (χ1) is 12.2. The molecule has 0 aliphatic heterocycles. The zero-order chi connectivity index (χ0) is 17.6. The molecule has 0 aliphatic carbocycles. The number of carbonyl (C=O) groups excluding carboxylic acids is 1. The van der Waals surface area contributed by atoms with Crippen LogP contribution in [0.15, 0.2) is 60.7 Å². The van der Waals surface area contributed by atoms with Gasteiger partial charge in [0.05, 0.1) is 5.52 Å². The smallest absolute Gasteiger partial charge is 0.355 e. The van der Waals surface area contributed by atoms with Gasteiger partial charge in [-0.3, -0.25) is 0 Å². The Morgan fingerprint density at radius 1 is 1.00 bits per heavy atom. The molecular formula is C21H24N2O2. The summed E-state index contributed by atoms with van der Waals surface area (Å²) in [6.45, 7) is 7.29. The Morgan fingerprint density at radius 2 is 1.68 bits per heavy atom. The second-order valence-corrected chi connectivity index (χ2v) is 5.92. The molecule has 130 valence electrons. The van der Waals surface area contributed by atoms with Crippen LogP contribution in [0.1, 0.15) is 24.3 Å². The molecule has 0 fully saturated rings. The third kappa shape index (κ3) is 3.74. The van der Waals surface area contributed by atoms with E-state index in [-0.39, 0.29) is 5.97 Å². The Morgan fingerprint density at radius 3 is 2.40 bits per heavy atom. The molecule has 1 heterocycles.